The average Bonchev–Trinajstić information content (AvgIpc) is 2.47. The number of hydrazone groups is 1. The molecule has 1 amide bonds. The van der Waals surface area contributed by atoms with Gasteiger partial charge in [0, 0.05) is 0 Å². The molecule has 0 fully saturated rings. The van der Waals surface area contributed by atoms with Crippen LogP contribution in [0.25, 0.3) is 0 Å². The van der Waals surface area contributed by atoms with Crippen LogP contribution in [0, 0.1) is 5.92 Å². The highest BCUT2D eigenvalue weighted by Gasteiger charge is 2.32. The van der Waals surface area contributed by atoms with Crippen LogP contribution in [0.1, 0.15) is 43.9 Å². The molecular formula is C16H20N2O. The molecule has 0 N–H and O–H groups in total. The summed E-state index contributed by atoms with van der Waals surface area (Å²) in [6, 6.07) is 8.17. The number of carbonyl (C=O) groups excluding carboxylic acids is 1. The molecular weight excluding hydrogens is 236 g/mol. The predicted octanol–water partition coefficient (Wildman–Crippen LogP) is 3.53. The summed E-state index contributed by atoms with van der Waals surface area (Å²) in [6.45, 7) is 7.89. The van der Waals surface area contributed by atoms with Crippen molar-refractivity contribution >= 4 is 12.1 Å². The monoisotopic (exact) mass is 256 g/mol. The number of carbonyl (C=O) groups is 1. The Balaban J connectivity index is 2.48. The van der Waals surface area contributed by atoms with Crippen LogP contribution in [0.4, 0.5) is 0 Å². The third-order valence-corrected chi connectivity index (χ3v) is 3.80. The Labute approximate surface area is 114 Å². The van der Waals surface area contributed by atoms with Crippen LogP contribution in [0.5, 0.6) is 0 Å². The molecule has 3 nitrogen and oxygen atoms in total. The van der Waals surface area contributed by atoms with Crippen molar-refractivity contribution < 1.29 is 4.79 Å². The van der Waals surface area contributed by atoms with Gasteiger partial charge in [-0.3, -0.25) is 4.79 Å². The Morgan fingerprint density at radius 1 is 1.42 bits per heavy atom. The molecule has 1 aliphatic rings. The van der Waals surface area contributed by atoms with Crippen molar-refractivity contribution in [1.82, 2.24) is 5.01 Å². The Morgan fingerprint density at radius 2 is 2.11 bits per heavy atom. The van der Waals surface area contributed by atoms with Gasteiger partial charge in [0.05, 0.1) is 12.3 Å². The lowest BCUT2D eigenvalue weighted by Crippen LogP contribution is -2.36. The van der Waals surface area contributed by atoms with Crippen LogP contribution in [0.15, 0.2) is 42.0 Å². The molecule has 100 valence electrons. The Bertz CT molecular complexity index is 503. The van der Waals surface area contributed by atoms with Gasteiger partial charge < -0.3 is 0 Å². The molecule has 1 atom stereocenters. The van der Waals surface area contributed by atoms with Crippen LogP contribution in [-0.2, 0) is 4.79 Å². The maximum Gasteiger partial charge on any atom is 0.266 e. The number of hydrogen-bond acceptors (Lipinski definition) is 2. The number of hydrogen-bond donors (Lipinski definition) is 0. The summed E-state index contributed by atoms with van der Waals surface area (Å²) in [4.78, 5) is 12.0. The van der Waals surface area contributed by atoms with Crippen molar-refractivity contribution in [3.63, 3.8) is 0 Å². The largest absolute Gasteiger partial charge is 0.268 e. The first-order valence-corrected chi connectivity index (χ1v) is 6.81. The number of benzene rings is 1. The molecule has 0 aliphatic carbocycles. The van der Waals surface area contributed by atoms with Gasteiger partial charge in [-0.25, -0.2) is 5.01 Å². The molecule has 2 rings (SSSR count). The number of nitrogens with zero attached hydrogens (tertiary/aromatic N) is 2. The molecule has 0 bridgehead atoms. The van der Waals surface area contributed by atoms with Gasteiger partial charge in [0.1, 0.15) is 0 Å². The van der Waals surface area contributed by atoms with Gasteiger partial charge in [0.25, 0.3) is 5.91 Å². The van der Waals surface area contributed by atoms with Gasteiger partial charge in [0.2, 0.25) is 0 Å². The minimum Gasteiger partial charge on any atom is -0.268 e. The number of rotatable bonds is 4. The molecule has 1 aromatic rings. The zero-order valence-corrected chi connectivity index (χ0v) is 11.5. The second-order valence-corrected chi connectivity index (χ2v) is 4.78. The van der Waals surface area contributed by atoms with E-state index in [0.717, 1.165) is 18.4 Å². The van der Waals surface area contributed by atoms with E-state index < -0.39 is 0 Å². The predicted molar refractivity (Wildman–Crippen MR) is 77.9 cm³/mol. The van der Waals surface area contributed by atoms with Crippen LogP contribution in [-0.4, -0.2) is 17.1 Å². The Morgan fingerprint density at radius 3 is 2.74 bits per heavy atom. The molecule has 1 aromatic carbocycles. The van der Waals surface area contributed by atoms with Gasteiger partial charge in [-0.15, -0.1) is 0 Å². The van der Waals surface area contributed by atoms with E-state index in [4.69, 9.17) is 0 Å². The van der Waals surface area contributed by atoms with Crippen LogP contribution >= 0.6 is 0 Å². The van der Waals surface area contributed by atoms with Crippen LogP contribution in [0.3, 0.4) is 0 Å². The van der Waals surface area contributed by atoms with Crippen molar-refractivity contribution in [3.8, 4) is 0 Å². The third-order valence-electron chi connectivity index (χ3n) is 3.80. The van der Waals surface area contributed by atoms with Crippen molar-refractivity contribution in [2.24, 2.45) is 11.0 Å². The van der Waals surface area contributed by atoms with Crippen molar-refractivity contribution in [1.29, 1.82) is 0 Å². The van der Waals surface area contributed by atoms with E-state index >= 15 is 0 Å². The van der Waals surface area contributed by atoms with Gasteiger partial charge in [-0.05, 0) is 23.1 Å². The maximum absolute atomic E-state index is 12.0. The normalized spacial score (nSPS) is 17.4. The fourth-order valence-electron chi connectivity index (χ4n) is 2.70. The van der Waals surface area contributed by atoms with Gasteiger partial charge in [-0.2, -0.15) is 5.10 Å². The van der Waals surface area contributed by atoms with Gasteiger partial charge in [0.15, 0.2) is 0 Å². The summed E-state index contributed by atoms with van der Waals surface area (Å²) in [5.74, 6) is 0.269. The molecule has 0 saturated carbocycles. The highest BCUT2D eigenvalue weighted by Crippen LogP contribution is 2.37. The molecule has 0 saturated heterocycles. The summed E-state index contributed by atoms with van der Waals surface area (Å²) < 4.78 is 0. The standard InChI is InChI=1S/C16H20N2O/c1-4-12(5-2)16-14-10-8-7-9-13(14)11-17-18(16)15(19)6-3/h6-12,16H,3-5H2,1-2H3. The molecule has 0 aromatic heterocycles. The molecule has 0 radical (unpaired) electrons. The summed E-state index contributed by atoms with van der Waals surface area (Å²) in [6.07, 6.45) is 5.13. The maximum atomic E-state index is 12.0. The SMILES string of the molecule is C=CC(=O)N1N=Cc2ccccc2C1C(CC)CC. The quantitative estimate of drug-likeness (QED) is 0.758. The molecule has 1 heterocycles. The molecule has 19 heavy (non-hydrogen) atoms. The van der Waals surface area contributed by atoms with E-state index in [1.807, 2.05) is 18.2 Å². The highest BCUT2D eigenvalue weighted by molar-refractivity contribution is 5.91. The van der Waals surface area contributed by atoms with Crippen LogP contribution in [0.2, 0.25) is 0 Å². The molecule has 0 spiro atoms. The number of fused-ring (bicyclic) bond motifs is 1. The topological polar surface area (TPSA) is 32.7 Å². The zero-order chi connectivity index (χ0) is 13.8. The van der Waals surface area contributed by atoms with E-state index in [1.54, 1.807) is 11.2 Å². The number of amides is 1. The van der Waals surface area contributed by atoms with Crippen LogP contribution < -0.4 is 0 Å². The first kappa shape index (κ1) is 13.5. The Hall–Kier alpha value is -1.90. The minimum absolute atomic E-state index is 0.0155. The molecule has 1 aliphatic heterocycles. The smallest absolute Gasteiger partial charge is 0.266 e. The van der Waals surface area contributed by atoms with Crippen molar-refractivity contribution in [2.75, 3.05) is 0 Å². The van der Waals surface area contributed by atoms with E-state index in [1.165, 1.54) is 11.6 Å². The lowest BCUT2D eigenvalue weighted by atomic mass is 9.85. The van der Waals surface area contributed by atoms with Gasteiger partial charge in [-0.1, -0.05) is 57.5 Å². The van der Waals surface area contributed by atoms with E-state index in [-0.39, 0.29) is 11.9 Å². The van der Waals surface area contributed by atoms with Crippen molar-refractivity contribution in [3.05, 3.63) is 48.0 Å². The van der Waals surface area contributed by atoms with Gasteiger partial charge >= 0.3 is 0 Å². The lowest BCUT2D eigenvalue weighted by molar-refractivity contribution is -0.129. The van der Waals surface area contributed by atoms with E-state index in [2.05, 4.69) is 31.6 Å². The molecule has 1 unspecified atom stereocenters. The third kappa shape index (κ3) is 2.46. The lowest BCUT2D eigenvalue weighted by Gasteiger charge is -2.36. The minimum atomic E-state index is -0.136. The highest BCUT2D eigenvalue weighted by atomic mass is 16.2. The summed E-state index contributed by atoms with van der Waals surface area (Å²) in [7, 11) is 0. The summed E-state index contributed by atoms with van der Waals surface area (Å²) >= 11 is 0. The second-order valence-electron chi connectivity index (χ2n) is 4.78. The zero-order valence-electron chi connectivity index (χ0n) is 11.5. The summed E-state index contributed by atoms with van der Waals surface area (Å²) in [5, 5.41) is 5.90. The Kier molecular flexibility index (Phi) is 4.15. The average molecular weight is 256 g/mol. The second kappa shape index (κ2) is 5.83. The first-order valence-electron chi connectivity index (χ1n) is 6.81. The van der Waals surface area contributed by atoms with Crippen molar-refractivity contribution in [2.45, 2.75) is 32.7 Å². The molecule has 3 heteroatoms. The van der Waals surface area contributed by atoms with E-state index in [9.17, 15) is 4.79 Å². The van der Waals surface area contributed by atoms with E-state index in [0.29, 0.717) is 5.92 Å². The first-order chi connectivity index (χ1) is 9.22. The fourth-order valence-corrected chi connectivity index (χ4v) is 2.70. The fraction of sp³-hybridized carbons (Fsp3) is 0.375. The summed E-state index contributed by atoms with van der Waals surface area (Å²) in [5.41, 5.74) is 2.29.